The van der Waals surface area contributed by atoms with Gasteiger partial charge in [-0.25, -0.2) is 0 Å². The van der Waals surface area contributed by atoms with Crippen molar-refractivity contribution in [1.29, 1.82) is 0 Å². The highest BCUT2D eigenvalue weighted by Crippen LogP contribution is 2.29. The van der Waals surface area contributed by atoms with Gasteiger partial charge in [0.25, 0.3) is 0 Å². The van der Waals surface area contributed by atoms with E-state index in [0.29, 0.717) is 0 Å². The first-order chi connectivity index (χ1) is 9.54. The highest BCUT2D eigenvalue weighted by atomic mass is 16.7. The van der Waals surface area contributed by atoms with Crippen LogP contribution in [0.5, 0.6) is 0 Å². The third kappa shape index (κ3) is 4.16. The largest absolute Gasteiger partial charge is 0.465 e. The molecule has 0 aromatic rings. The predicted octanol–water partition coefficient (Wildman–Crippen LogP) is 0.490. The minimum Gasteiger partial charge on any atom is -0.465 e. The van der Waals surface area contributed by atoms with Gasteiger partial charge >= 0.3 is 11.9 Å². The van der Waals surface area contributed by atoms with Crippen molar-refractivity contribution in [3.8, 4) is 0 Å². The molecule has 0 aromatic heterocycles. The maximum Gasteiger partial charge on any atom is 0.331 e. The van der Waals surface area contributed by atoms with E-state index >= 15 is 0 Å². The number of hydrogen-bond donors (Lipinski definition) is 1. The molecular formula is C13H24O7. The number of aliphatic hydroxyl groups excluding tert-OH is 1. The fourth-order valence-electron chi connectivity index (χ4n) is 1.63. The van der Waals surface area contributed by atoms with E-state index in [2.05, 4.69) is 0 Å². The van der Waals surface area contributed by atoms with E-state index in [9.17, 15) is 14.7 Å². The van der Waals surface area contributed by atoms with Crippen molar-refractivity contribution < 1.29 is 33.6 Å². The fourth-order valence-corrected chi connectivity index (χ4v) is 1.63. The van der Waals surface area contributed by atoms with Crippen LogP contribution in [0, 0.1) is 5.41 Å². The molecule has 0 atom stereocenters. The Bertz CT molecular complexity index is 279. The third-order valence-electron chi connectivity index (χ3n) is 2.57. The van der Waals surface area contributed by atoms with Gasteiger partial charge in [-0.3, -0.25) is 9.59 Å². The lowest BCUT2D eigenvalue weighted by Crippen LogP contribution is -2.55. The molecule has 0 aliphatic carbocycles. The van der Waals surface area contributed by atoms with Gasteiger partial charge in [0.15, 0.2) is 6.29 Å². The fraction of sp³-hybridized carbons (Fsp3) is 0.846. The standard InChI is InChI=1S/C13H24O7/c1-5-17-10(15)13(9-14,11(16)18-6-2)12(19-7-3)20-8-4/h12,14H,5-9H2,1-4H3. The van der Waals surface area contributed by atoms with Gasteiger partial charge in [0.05, 0.1) is 19.8 Å². The number of esters is 2. The maximum atomic E-state index is 12.2. The van der Waals surface area contributed by atoms with Gasteiger partial charge in [0, 0.05) is 13.2 Å². The van der Waals surface area contributed by atoms with Gasteiger partial charge in [-0.2, -0.15) is 0 Å². The quantitative estimate of drug-likeness (QED) is 0.356. The Kier molecular flexibility index (Phi) is 9.11. The Morgan fingerprint density at radius 2 is 1.30 bits per heavy atom. The van der Waals surface area contributed by atoms with Crippen LogP contribution in [-0.2, 0) is 28.5 Å². The van der Waals surface area contributed by atoms with Crippen molar-refractivity contribution >= 4 is 11.9 Å². The van der Waals surface area contributed by atoms with Crippen LogP contribution < -0.4 is 0 Å². The summed E-state index contributed by atoms with van der Waals surface area (Å²) in [6, 6.07) is 0. The van der Waals surface area contributed by atoms with Crippen molar-refractivity contribution in [3.05, 3.63) is 0 Å². The first-order valence-corrected chi connectivity index (χ1v) is 6.73. The van der Waals surface area contributed by atoms with E-state index in [-0.39, 0.29) is 26.4 Å². The average molecular weight is 292 g/mol. The summed E-state index contributed by atoms with van der Waals surface area (Å²) in [6.45, 7) is 6.26. The molecule has 1 N–H and O–H groups in total. The van der Waals surface area contributed by atoms with Gasteiger partial charge in [-0.15, -0.1) is 0 Å². The van der Waals surface area contributed by atoms with Crippen LogP contribution >= 0.6 is 0 Å². The van der Waals surface area contributed by atoms with Crippen molar-refractivity contribution in [1.82, 2.24) is 0 Å². The van der Waals surface area contributed by atoms with E-state index in [1.165, 1.54) is 0 Å². The van der Waals surface area contributed by atoms with Gasteiger partial charge in [-0.1, -0.05) is 0 Å². The molecular weight excluding hydrogens is 268 g/mol. The number of carbonyl (C=O) groups is 2. The molecule has 0 spiro atoms. The summed E-state index contributed by atoms with van der Waals surface area (Å²) in [5.74, 6) is -1.85. The molecule has 118 valence electrons. The number of rotatable bonds is 10. The van der Waals surface area contributed by atoms with Gasteiger partial charge in [-0.05, 0) is 27.7 Å². The van der Waals surface area contributed by atoms with Crippen LogP contribution in [0.3, 0.4) is 0 Å². The monoisotopic (exact) mass is 292 g/mol. The summed E-state index contributed by atoms with van der Waals surface area (Å²) in [6.07, 6.45) is -1.26. The zero-order valence-electron chi connectivity index (χ0n) is 12.5. The van der Waals surface area contributed by atoms with Crippen LogP contribution in [0.2, 0.25) is 0 Å². The SMILES string of the molecule is CCOC(=O)C(CO)(C(=O)OCC)C(OCC)OCC. The zero-order chi connectivity index (χ0) is 15.6. The molecule has 0 saturated heterocycles. The van der Waals surface area contributed by atoms with E-state index in [4.69, 9.17) is 18.9 Å². The second kappa shape index (κ2) is 9.68. The minimum atomic E-state index is -2.03. The molecule has 0 aliphatic rings. The predicted molar refractivity (Wildman–Crippen MR) is 69.8 cm³/mol. The molecule has 7 nitrogen and oxygen atoms in total. The highest BCUT2D eigenvalue weighted by molar-refractivity contribution is 6.00. The van der Waals surface area contributed by atoms with Crippen LogP contribution in [0.1, 0.15) is 27.7 Å². The Labute approximate surface area is 119 Å². The van der Waals surface area contributed by atoms with Crippen LogP contribution in [0.15, 0.2) is 0 Å². The first kappa shape index (κ1) is 18.8. The molecule has 7 heteroatoms. The molecule has 0 aliphatic heterocycles. The molecule has 20 heavy (non-hydrogen) atoms. The Balaban J connectivity index is 5.56. The molecule has 0 aromatic carbocycles. The van der Waals surface area contributed by atoms with E-state index in [1.54, 1.807) is 27.7 Å². The molecule has 0 heterocycles. The number of carbonyl (C=O) groups excluding carboxylic acids is 2. The maximum absolute atomic E-state index is 12.2. The molecule has 0 rings (SSSR count). The van der Waals surface area contributed by atoms with Crippen molar-refractivity contribution in [3.63, 3.8) is 0 Å². The summed E-state index contributed by atoms with van der Waals surface area (Å²) in [5.41, 5.74) is -2.03. The Hall–Kier alpha value is -1.18. The molecule has 0 amide bonds. The van der Waals surface area contributed by atoms with Crippen molar-refractivity contribution in [2.75, 3.05) is 33.0 Å². The smallest absolute Gasteiger partial charge is 0.331 e. The summed E-state index contributed by atoms with van der Waals surface area (Å²) in [7, 11) is 0. The van der Waals surface area contributed by atoms with Crippen LogP contribution in [-0.4, -0.2) is 56.4 Å². The van der Waals surface area contributed by atoms with Gasteiger partial charge < -0.3 is 24.1 Å². The lowest BCUT2D eigenvalue weighted by atomic mass is 9.88. The molecule has 0 unspecified atom stereocenters. The summed E-state index contributed by atoms with van der Waals surface area (Å²) in [4.78, 5) is 24.3. The Morgan fingerprint density at radius 1 is 0.900 bits per heavy atom. The van der Waals surface area contributed by atoms with Gasteiger partial charge in [0.1, 0.15) is 0 Å². The lowest BCUT2D eigenvalue weighted by Gasteiger charge is -2.33. The summed E-state index contributed by atoms with van der Waals surface area (Å²) < 4.78 is 20.3. The Morgan fingerprint density at radius 3 is 1.55 bits per heavy atom. The van der Waals surface area contributed by atoms with Crippen LogP contribution in [0.4, 0.5) is 0 Å². The van der Waals surface area contributed by atoms with E-state index in [1.807, 2.05) is 0 Å². The van der Waals surface area contributed by atoms with E-state index in [0.717, 1.165) is 0 Å². The second-order valence-electron chi connectivity index (χ2n) is 3.81. The molecule has 0 fully saturated rings. The van der Waals surface area contributed by atoms with Crippen LogP contribution in [0.25, 0.3) is 0 Å². The molecule has 0 radical (unpaired) electrons. The van der Waals surface area contributed by atoms with Gasteiger partial charge in [0.2, 0.25) is 5.41 Å². The third-order valence-corrected chi connectivity index (χ3v) is 2.57. The first-order valence-electron chi connectivity index (χ1n) is 6.73. The topological polar surface area (TPSA) is 91.3 Å². The van der Waals surface area contributed by atoms with Crippen molar-refractivity contribution in [2.24, 2.45) is 5.41 Å². The minimum absolute atomic E-state index is 0.0605. The number of aliphatic hydroxyl groups is 1. The summed E-state index contributed by atoms with van der Waals surface area (Å²) in [5, 5.41) is 9.63. The number of ether oxygens (including phenoxy) is 4. The zero-order valence-corrected chi connectivity index (χ0v) is 12.5. The highest BCUT2D eigenvalue weighted by Gasteiger charge is 2.56. The lowest BCUT2D eigenvalue weighted by molar-refractivity contribution is -0.232. The van der Waals surface area contributed by atoms with E-state index < -0.39 is 30.3 Å². The average Bonchev–Trinajstić information content (AvgIpc) is 2.41. The normalized spacial score (nSPS) is 11.5. The second-order valence-corrected chi connectivity index (χ2v) is 3.81. The summed E-state index contributed by atoms with van der Waals surface area (Å²) >= 11 is 0. The molecule has 0 saturated carbocycles. The van der Waals surface area contributed by atoms with Crippen molar-refractivity contribution in [2.45, 2.75) is 34.0 Å². The molecule has 0 bridgehead atoms. The number of hydrogen-bond acceptors (Lipinski definition) is 7.